The normalized spacial score (nSPS) is 17.3. The van der Waals surface area contributed by atoms with Gasteiger partial charge >= 0.3 is 0 Å². The van der Waals surface area contributed by atoms with E-state index in [-0.39, 0.29) is 22.2 Å². The fraction of sp³-hybridized carbons (Fsp3) is 0.538. The van der Waals surface area contributed by atoms with Gasteiger partial charge in [-0.1, -0.05) is 13.8 Å². The van der Waals surface area contributed by atoms with Gasteiger partial charge in [0.1, 0.15) is 5.39 Å². The van der Waals surface area contributed by atoms with E-state index in [2.05, 4.69) is 18.9 Å². The van der Waals surface area contributed by atoms with Gasteiger partial charge in [0.05, 0.1) is 17.4 Å². The average molecular weight is 249 g/mol. The fourth-order valence-electron chi connectivity index (χ4n) is 2.82. The maximum atomic E-state index is 14.4. The van der Waals surface area contributed by atoms with Gasteiger partial charge in [-0.3, -0.25) is 4.79 Å². The Labute approximate surface area is 104 Å². The Morgan fingerprint density at radius 1 is 1.50 bits per heavy atom. The summed E-state index contributed by atoms with van der Waals surface area (Å²) >= 11 is 0. The summed E-state index contributed by atoms with van der Waals surface area (Å²) in [5, 5.41) is 4.27. The zero-order chi connectivity index (χ0) is 13.1. The molecular formula is C13H16FN3O. The standard InChI is InChI=1S/C13H16FN3O/c1-4-17-12(18)10-9(6-15-17)16-7-13(2,3)5-8(16)11(10)14/h6H,4-5,7H2,1-3H3. The molecule has 1 aliphatic heterocycles. The van der Waals surface area contributed by atoms with Crippen molar-refractivity contribution < 1.29 is 4.39 Å². The third kappa shape index (κ3) is 1.36. The van der Waals surface area contributed by atoms with Crippen LogP contribution in [0.15, 0.2) is 11.0 Å². The molecule has 0 radical (unpaired) electrons. The van der Waals surface area contributed by atoms with Crippen molar-refractivity contribution in [2.45, 2.75) is 40.3 Å². The van der Waals surface area contributed by atoms with Crippen molar-refractivity contribution in [2.24, 2.45) is 5.41 Å². The first kappa shape index (κ1) is 11.4. The molecule has 18 heavy (non-hydrogen) atoms. The molecule has 0 bridgehead atoms. The Morgan fingerprint density at radius 3 is 2.89 bits per heavy atom. The van der Waals surface area contributed by atoms with Gasteiger partial charge < -0.3 is 4.57 Å². The second-order valence-electron chi connectivity index (χ2n) is 5.71. The summed E-state index contributed by atoms with van der Waals surface area (Å²) in [7, 11) is 0. The lowest BCUT2D eigenvalue weighted by Crippen LogP contribution is -2.22. The van der Waals surface area contributed by atoms with Gasteiger partial charge in [-0.15, -0.1) is 0 Å². The van der Waals surface area contributed by atoms with Crippen molar-refractivity contribution in [3.8, 4) is 0 Å². The number of aryl methyl sites for hydroxylation is 1. The average Bonchev–Trinajstić information content (AvgIpc) is 2.74. The molecule has 0 saturated carbocycles. The highest BCUT2D eigenvalue weighted by molar-refractivity contribution is 5.80. The zero-order valence-electron chi connectivity index (χ0n) is 10.8. The number of hydrogen-bond acceptors (Lipinski definition) is 2. The summed E-state index contributed by atoms with van der Waals surface area (Å²) < 4.78 is 17.6. The molecule has 0 atom stereocenters. The molecule has 96 valence electrons. The smallest absolute Gasteiger partial charge is 0.279 e. The Kier molecular flexibility index (Phi) is 2.18. The van der Waals surface area contributed by atoms with Crippen LogP contribution in [0.2, 0.25) is 0 Å². The van der Waals surface area contributed by atoms with Crippen molar-refractivity contribution in [3.63, 3.8) is 0 Å². The van der Waals surface area contributed by atoms with Crippen molar-refractivity contribution in [3.05, 3.63) is 28.1 Å². The fourth-order valence-corrected chi connectivity index (χ4v) is 2.82. The van der Waals surface area contributed by atoms with Gasteiger partial charge in [0, 0.05) is 13.1 Å². The van der Waals surface area contributed by atoms with E-state index >= 15 is 0 Å². The van der Waals surface area contributed by atoms with Crippen LogP contribution >= 0.6 is 0 Å². The molecule has 0 aliphatic carbocycles. The minimum Gasteiger partial charge on any atom is -0.340 e. The van der Waals surface area contributed by atoms with Gasteiger partial charge in [-0.25, -0.2) is 9.07 Å². The molecule has 0 spiro atoms. The number of fused-ring (bicyclic) bond motifs is 3. The summed E-state index contributed by atoms with van der Waals surface area (Å²) in [6.07, 6.45) is 2.27. The molecule has 0 aromatic carbocycles. The molecule has 4 nitrogen and oxygen atoms in total. The quantitative estimate of drug-likeness (QED) is 0.775. The largest absolute Gasteiger partial charge is 0.340 e. The second kappa shape index (κ2) is 3.43. The molecule has 1 aliphatic rings. The molecule has 0 N–H and O–H groups in total. The van der Waals surface area contributed by atoms with Crippen LogP contribution in [0.4, 0.5) is 4.39 Å². The molecule has 3 rings (SSSR count). The summed E-state index contributed by atoms with van der Waals surface area (Å²) in [6.45, 7) is 7.23. The van der Waals surface area contributed by atoms with E-state index in [1.54, 1.807) is 6.20 Å². The lowest BCUT2D eigenvalue weighted by Gasteiger charge is -2.15. The van der Waals surface area contributed by atoms with Crippen LogP contribution in [0.3, 0.4) is 0 Å². The third-order valence-corrected chi connectivity index (χ3v) is 3.64. The lowest BCUT2D eigenvalue weighted by atomic mass is 9.91. The van der Waals surface area contributed by atoms with Crippen molar-refractivity contribution in [1.82, 2.24) is 14.3 Å². The Morgan fingerprint density at radius 2 is 2.22 bits per heavy atom. The molecule has 2 aromatic rings. The minimum atomic E-state index is -0.356. The van der Waals surface area contributed by atoms with Crippen molar-refractivity contribution in [1.29, 1.82) is 0 Å². The first-order chi connectivity index (χ1) is 8.44. The lowest BCUT2D eigenvalue weighted by molar-refractivity contribution is 0.360. The van der Waals surface area contributed by atoms with Crippen molar-refractivity contribution >= 4 is 10.9 Å². The highest BCUT2D eigenvalue weighted by atomic mass is 19.1. The predicted octanol–water partition coefficient (Wildman–Crippen LogP) is 1.94. The number of nitrogens with zero attached hydrogens (tertiary/aromatic N) is 3. The molecule has 3 heterocycles. The second-order valence-corrected chi connectivity index (χ2v) is 5.71. The number of hydrogen-bond donors (Lipinski definition) is 0. The Balaban J connectivity index is 2.36. The van der Waals surface area contributed by atoms with E-state index in [1.807, 2.05) is 11.5 Å². The highest BCUT2D eigenvalue weighted by Crippen LogP contribution is 2.37. The summed E-state index contributed by atoms with van der Waals surface area (Å²) in [5.74, 6) is -0.356. The van der Waals surface area contributed by atoms with Gasteiger partial charge in [-0.2, -0.15) is 5.10 Å². The first-order valence-electron chi connectivity index (χ1n) is 6.21. The minimum absolute atomic E-state index is 0.0456. The van der Waals surface area contributed by atoms with E-state index in [4.69, 9.17) is 0 Å². The molecule has 0 fully saturated rings. The van der Waals surface area contributed by atoms with E-state index < -0.39 is 0 Å². The van der Waals surface area contributed by atoms with E-state index in [0.29, 0.717) is 24.2 Å². The van der Waals surface area contributed by atoms with Crippen LogP contribution < -0.4 is 5.56 Å². The molecule has 0 saturated heterocycles. The third-order valence-electron chi connectivity index (χ3n) is 3.64. The molecular weight excluding hydrogens is 233 g/mol. The van der Waals surface area contributed by atoms with Crippen LogP contribution in [-0.2, 0) is 19.5 Å². The van der Waals surface area contributed by atoms with Crippen LogP contribution in [-0.4, -0.2) is 14.3 Å². The van der Waals surface area contributed by atoms with Crippen LogP contribution in [0.1, 0.15) is 26.5 Å². The maximum absolute atomic E-state index is 14.4. The van der Waals surface area contributed by atoms with Gasteiger partial charge in [0.25, 0.3) is 5.56 Å². The molecule has 2 aromatic heterocycles. The van der Waals surface area contributed by atoms with E-state index in [9.17, 15) is 9.18 Å². The van der Waals surface area contributed by atoms with Gasteiger partial charge in [0.15, 0.2) is 5.82 Å². The van der Waals surface area contributed by atoms with E-state index in [1.165, 1.54) is 4.68 Å². The van der Waals surface area contributed by atoms with Crippen molar-refractivity contribution in [2.75, 3.05) is 0 Å². The maximum Gasteiger partial charge on any atom is 0.279 e. The monoisotopic (exact) mass is 249 g/mol. The van der Waals surface area contributed by atoms with Crippen LogP contribution in [0.25, 0.3) is 10.9 Å². The number of aromatic nitrogens is 3. The highest BCUT2D eigenvalue weighted by Gasteiger charge is 2.34. The Hall–Kier alpha value is -1.65. The van der Waals surface area contributed by atoms with Crippen LogP contribution in [0.5, 0.6) is 0 Å². The topological polar surface area (TPSA) is 39.8 Å². The summed E-state index contributed by atoms with van der Waals surface area (Å²) in [5.41, 5.74) is 0.988. The van der Waals surface area contributed by atoms with E-state index in [0.717, 1.165) is 6.54 Å². The summed E-state index contributed by atoms with van der Waals surface area (Å²) in [4.78, 5) is 12.1. The molecule has 5 heteroatoms. The predicted molar refractivity (Wildman–Crippen MR) is 67.1 cm³/mol. The molecule has 0 unspecified atom stereocenters. The first-order valence-corrected chi connectivity index (χ1v) is 6.21. The number of halogens is 1. The summed E-state index contributed by atoms with van der Waals surface area (Å²) in [6, 6.07) is 0. The zero-order valence-corrected chi connectivity index (χ0v) is 10.8. The number of rotatable bonds is 1. The van der Waals surface area contributed by atoms with Crippen LogP contribution in [0, 0.1) is 11.2 Å². The van der Waals surface area contributed by atoms with Gasteiger partial charge in [0.2, 0.25) is 0 Å². The molecule has 0 amide bonds. The SMILES string of the molecule is CCn1ncc2c(c(F)c3n2CC(C)(C)C3)c1=O. The van der Waals surface area contributed by atoms with Gasteiger partial charge in [-0.05, 0) is 18.8 Å². The Bertz CT molecular complexity index is 696.